The number of esters is 1. The van der Waals surface area contributed by atoms with Crippen molar-refractivity contribution in [3.63, 3.8) is 0 Å². The first-order valence-electron chi connectivity index (χ1n) is 9.95. The Kier molecular flexibility index (Phi) is 6.48. The van der Waals surface area contributed by atoms with Gasteiger partial charge in [0.1, 0.15) is 29.3 Å². The van der Waals surface area contributed by atoms with Crippen molar-refractivity contribution in [3.8, 4) is 22.9 Å². The van der Waals surface area contributed by atoms with Crippen molar-refractivity contribution in [1.29, 1.82) is 0 Å². The molecule has 0 aliphatic heterocycles. The van der Waals surface area contributed by atoms with Crippen LogP contribution < -0.4 is 5.32 Å². The fourth-order valence-electron chi connectivity index (χ4n) is 3.06. The summed E-state index contributed by atoms with van der Waals surface area (Å²) >= 11 is 0. The zero-order chi connectivity index (χ0) is 23.2. The van der Waals surface area contributed by atoms with Crippen LogP contribution in [-0.4, -0.2) is 43.9 Å². The molecule has 0 spiro atoms. The third kappa shape index (κ3) is 5.26. The first-order chi connectivity index (χ1) is 16.0. The maximum absolute atomic E-state index is 14.2. The molecule has 4 rings (SSSR count). The van der Waals surface area contributed by atoms with E-state index in [1.165, 1.54) is 31.7 Å². The number of ether oxygens (including phenoxy) is 1. The van der Waals surface area contributed by atoms with Crippen LogP contribution in [0.1, 0.15) is 18.4 Å². The van der Waals surface area contributed by atoms with Gasteiger partial charge in [-0.05, 0) is 18.2 Å². The van der Waals surface area contributed by atoms with E-state index in [-0.39, 0.29) is 36.8 Å². The monoisotopic (exact) mass is 450 g/mol. The Balaban J connectivity index is 1.60. The fourth-order valence-corrected chi connectivity index (χ4v) is 3.06. The molecular weight excluding hydrogens is 431 g/mol. The predicted molar refractivity (Wildman–Crippen MR) is 114 cm³/mol. The Morgan fingerprint density at radius 3 is 2.76 bits per heavy atom. The molecule has 0 aliphatic carbocycles. The predicted octanol–water partition coefficient (Wildman–Crippen LogP) is 3.07. The van der Waals surface area contributed by atoms with Gasteiger partial charge in [-0.2, -0.15) is 5.10 Å². The number of anilines is 1. The van der Waals surface area contributed by atoms with E-state index in [0.717, 1.165) is 0 Å². The highest BCUT2D eigenvalue weighted by molar-refractivity contribution is 5.91. The van der Waals surface area contributed by atoms with Crippen molar-refractivity contribution in [2.45, 2.75) is 19.4 Å². The molecule has 0 bridgehead atoms. The molecule has 0 radical (unpaired) electrons. The number of nitrogens with one attached hydrogen (secondary N) is 1. The number of carbonyl (C=O) groups is 2. The Labute approximate surface area is 187 Å². The lowest BCUT2D eigenvalue weighted by Crippen LogP contribution is -2.15. The zero-order valence-corrected chi connectivity index (χ0v) is 17.6. The molecule has 0 aliphatic rings. The van der Waals surface area contributed by atoms with Crippen LogP contribution in [0.4, 0.5) is 10.2 Å². The summed E-state index contributed by atoms with van der Waals surface area (Å²) in [6.45, 7) is 0.152. The summed E-state index contributed by atoms with van der Waals surface area (Å²) < 4.78 is 25.3. The average molecular weight is 450 g/mol. The number of methoxy groups -OCH3 is 1. The van der Waals surface area contributed by atoms with Crippen LogP contribution in [-0.2, 0) is 20.9 Å². The lowest BCUT2D eigenvalue weighted by molar-refractivity contribution is -0.141. The van der Waals surface area contributed by atoms with Gasteiger partial charge in [0.25, 0.3) is 0 Å². The van der Waals surface area contributed by atoms with Crippen molar-refractivity contribution < 1.29 is 23.2 Å². The van der Waals surface area contributed by atoms with Crippen LogP contribution in [0.3, 0.4) is 0 Å². The first-order valence-corrected chi connectivity index (χ1v) is 9.95. The van der Waals surface area contributed by atoms with Crippen LogP contribution in [0.15, 0.2) is 59.4 Å². The highest BCUT2D eigenvalue weighted by Crippen LogP contribution is 2.25. The lowest BCUT2D eigenvalue weighted by Gasteiger charge is -2.06. The molecule has 168 valence electrons. The maximum Gasteiger partial charge on any atom is 0.306 e. The molecule has 33 heavy (non-hydrogen) atoms. The smallest absolute Gasteiger partial charge is 0.306 e. The molecule has 0 saturated carbocycles. The van der Waals surface area contributed by atoms with Crippen LogP contribution in [0.25, 0.3) is 22.9 Å². The summed E-state index contributed by atoms with van der Waals surface area (Å²) in [5, 5.41) is 11.1. The minimum Gasteiger partial charge on any atom is -0.469 e. The number of aromatic nitrogens is 5. The van der Waals surface area contributed by atoms with Crippen LogP contribution in [0.5, 0.6) is 0 Å². The van der Waals surface area contributed by atoms with Crippen LogP contribution >= 0.6 is 0 Å². The van der Waals surface area contributed by atoms with E-state index in [1.807, 2.05) is 0 Å². The molecule has 1 N–H and O–H groups in total. The zero-order valence-electron chi connectivity index (χ0n) is 17.6. The Morgan fingerprint density at radius 2 is 2.00 bits per heavy atom. The molecular formula is C22H19FN6O4. The molecule has 4 aromatic rings. The van der Waals surface area contributed by atoms with Gasteiger partial charge in [-0.3, -0.25) is 14.3 Å². The van der Waals surface area contributed by atoms with E-state index < -0.39 is 11.9 Å². The van der Waals surface area contributed by atoms with Crippen molar-refractivity contribution >= 4 is 17.7 Å². The largest absolute Gasteiger partial charge is 0.469 e. The van der Waals surface area contributed by atoms with Crippen LogP contribution in [0, 0.1) is 5.82 Å². The highest BCUT2D eigenvalue weighted by Gasteiger charge is 2.17. The first kappa shape index (κ1) is 21.8. The van der Waals surface area contributed by atoms with Gasteiger partial charge in [-0.1, -0.05) is 23.4 Å². The summed E-state index contributed by atoms with van der Waals surface area (Å²) in [6.07, 6.45) is 2.82. The average Bonchev–Trinajstić information content (AvgIpc) is 3.49. The van der Waals surface area contributed by atoms with Crippen molar-refractivity contribution in [1.82, 2.24) is 24.9 Å². The van der Waals surface area contributed by atoms with E-state index in [1.54, 1.807) is 35.0 Å². The highest BCUT2D eigenvalue weighted by atomic mass is 19.1. The molecule has 0 saturated heterocycles. The number of nitrogens with zero attached hydrogens (tertiary/aromatic N) is 5. The third-order valence-corrected chi connectivity index (χ3v) is 4.69. The van der Waals surface area contributed by atoms with Gasteiger partial charge in [-0.15, -0.1) is 0 Å². The number of benzene rings is 1. The Hall–Kier alpha value is -4.41. The molecule has 1 amide bonds. The second-order valence-corrected chi connectivity index (χ2v) is 6.94. The number of hydrogen-bond donors (Lipinski definition) is 1. The SMILES string of the molecule is COC(=O)CCC(=O)Nc1ccnc(-c2cc(-c3ccon3)n(Cc3ccccc3F)n2)n1. The standard InChI is InChI=1S/C22H19FN6O4/c1-32-21(31)7-6-20(30)25-19-8-10-24-22(26-19)17-12-18(16-9-11-33-28-16)29(27-17)13-14-4-2-3-5-15(14)23/h2-5,8-12H,6-7,13H2,1H3,(H,24,25,26,30). The molecule has 0 atom stereocenters. The van der Waals surface area contributed by atoms with Gasteiger partial charge in [0.2, 0.25) is 5.91 Å². The third-order valence-electron chi connectivity index (χ3n) is 4.69. The van der Waals surface area contributed by atoms with Gasteiger partial charge >= 0.3 is 5.97 Å². The number of rotatable bonds is 8. The Bertz CT molecular complexity index is 1270. The topological polar surface area (TPSA) is 125 Å². The minimum absolute atomic E-state index is 0.0399. The second kappa shape index (κ2) is 9.81. The summed E-state index contributed by atoms with van der Waals surface area (Å²) in [7, 11) is 1.26. The van der Waals surface area contributed by atoms with E-state index in [4.69, 9.17) is 4.52 Å². The van der Waals surface area contributed by atoms with Gasteiger partial charge < -0.3 is 14.6 Å². The Morgan fingerprint density at radius 1 is 1.15 bits per heavy atom. The van der Waals surface area contributed by atoms with E-state index in [9.17, 15) is 14.0 Å². The van der Waals surface area contributed by atoms with Crippen molar-refractivity contribution in [3.05, 3.63) is 66.3 Å². The number of carbonyl (C=O) groups excluding carboxylic acids is 2. The maximum atomic E-state index is 14.2. The minimum atomic E-state index is -0.477. The van der Waals surface area contributed by atoms with Gasteiger partial charge in [0.15, 0.2) is 5.82 Å². The molecule has 10 nitrogen and oxygen atoms in total. The molecule has 3 aromatic heterocycles. The fraction of sp³-hybridized carbons (Fsp3) is 0.182. The summed E-state index contributed by atoms with van der Waals surface area (Å²) in [6, 6.07) is 11.3. The quantitative estimate of drug-likeness (QED) is 0.406. The van der Waals surface area contributed by atoms with Gasteiger partial charge in [0, 0.05) is 24.2 Å². The summed E-state index contributed by atoms with van der Waals surface area (Å²) in [4.78, 5) is 31.9. The number of hydrogen-bond acceptors (Lipinski definition) is 8. The number of amides is 1. The molecule has 11 heteroatoms. The van der Waals surface area contributed by atoms with Crippen LogP contribution in [0.2, 0.25) is 0 Å². The van der Waals surface area contributed by atoms with E-state index in [0.29, 0.717) is 22.6 Å². The van der Waals surface area contributed by atoms with Gasteiger partial charge in [0.05, 0.1) is 25.8 Å². The molecule has 0 fully saturated rings. The van der Waals surface area contributed by atoms with E-state index in [2.05, 4.69) is 30.3 Å². The van der Waals surface area contributed by atoms with Crippen molar-refractivity contribution in [2.75, 3.05) is 12.4 Å². The number of halogens is 1. The van der Waals surface area contributed by atoms with Crippen molar-refractivity contribution in [2.24, 2.45) is 0 Å². The normalized spacial score (nSPS) is 10.7. The second-order valence-electron chi connectivity index (χ2n) is 6.94. The lowest BCUT2D eigenvalue weighted by atomic mass is 10.2. The summed E-state index contributed by atoms with van der Waals surface area (Å²) in [5.74, 6) is -0.722. The molecule has 0 unspecified atom stereocenters. The molecule has 1 aromatic carbocycles. The molecule has 3 heterocycles. The van der Waals surface area contributed by atoms with E-state index >= 15 is 0 Å². The summed E-state index contributed by atoms with van der Waals surface area (Å²) in [5.41, 5.74) is 1.94. The van der Waals surface area contributed by atoms with Gasteiger partial charge in [-0.25, -0.2) is 14.4 Å².